The van der Waals surface area contributed by atoms with Crippen LogP contribution in [0.4, 0.5) is 0 Å². The molecule has 1 aliphatic heterocycles. The second kappa shape index (κ2) is 5.93. The lowest BCUT2D eigenvalue weighted by Gasteiger charge is -2.18. The van der Waals surface area contributed by atoms with Crippen LogP contribution in [-0.4, -0.2) is 58.0 Å². The molecule has 11 heteroatoms. The third-order valence-electron chi connectivity index (χ3n) is 2.76. The third-order valence-corrected chi connectivity index (χ3v) is 6.90. The molecule has 0 saturated carbocycles. The van der Waals surface area contributed by atoms with Crippen LogP contribution in [0.3, 0.4) is 0 Å². The minimum absolute atomic E-state index is 0.0341. The first-order valence-corrected chi connectivity index (χ1v) is 9.81. The van der Waals surface area contributed by atoms with Crippen LogP contribution < -0.4 is 9.46 Å². The smallest absolute Gasteiger partial charge is 0.225 e. The molecule has 114 valence electrons. The van der Waals surface area contributed by atoms with Gasteiger partial charge in [0.05, 0.1) is 12.9 Å². The molecule has 8 nitrogen and oxygen atoms in total. The zero-order chi connectivity index (χ0) is 14.8. The molecule has 2 heterocycles. The van der Waals surface area contributed by atoms with Gasteiger partial charge in [-0.2, -0.15) is 8.68 Å². The van der Waals surface area contributed by atoms with E-state index in [1.165, 1.54) is 11.4 Å². The maximum Gasteiger partial charge on any atom is 0.225 e. The Morgan fingerprint density at radius 1 is 1.50 bits per heavy atom. The van der Waals surface area contributed by atoms with Crippen molar-refractivity contribution in [3.05, 3.63) is 10.9 Å². The zero-order valence-corrected chi connectivity index (χ0v) is 13.2. The lowest BCUT2D eigenvalue weighted by Crippen LogP contribution is -2.35. The average Bonchev–Trinajstić information content (AvgIpc) is 2.71. The van der Waals surface area contributed by atoms with Crippen LogP contribution in [0.5, 0.6) is 5.88 Å². The standard InChI is InChI=1S/C9H15N3O5S3/c1-17-9-6-8(18-11-9)7-20(15,16)12-3-2-10-19(13,14)5-4-12/h6,10H,2-5,7H2,1H3. The lowest BCUT2D eigenvalue weighted by molar-refractivity contribution is 0.402. The zero-order valence-electron chi connectivity index (χ0n) is 10.8. The van der Waals surface area contributed by atoms with Crippen LogP contribution in [0, 0.1) is 0 Å². The topological polar surface area (TPSA) is 106 Å². The molecular formula is C9H15N3O5S3. The summed E-state index contributed by atoms with van der Waals surface area (Å²) in [5.74, 6) is -0.0490. The summed E-state index contributed by atoms with van der Waals surface area (Å²) >= 11 is 1.06. The van der Waals surface area contributed by atoms with Gasteiger partial charge in [0.1, 0.15) is 5.75 Å². The fraction of sp³-hybridized carbons (Fsp3) is 0.667. The summed E-state index contributed by atoms with van der Waals surface area (Å²) in [6.45, 7) is 0.193. The Labute approximate surface area is 122 Å². The minimum Gasteiger partial charge on any atom is -0.480 e. The molecule has 0 aromatic carbocycles. The Morgan fingerprint density at radius 3 is 2.90 bits per heavy atom. The molecule has 0 unspecified atom stereocenters. The molecule has 0 aliphatic carbocycles. The minimum atomic E-state index is -3.56. The van der Waals surface area contributed by atoms with E-state index in [0.29, 0.717) is 10.8 Å². The van der Waals surface area contributed by atoms with E-state index in [-0.39, 0.29) is 31.1 Å². The predicted molar refractivity (Wildman–Crippen MR) is 74.7 cm³/mol. The number of rotatable bonds is 4. The van der Waals surface area contributed by atoms with Gasteiger partial charge in [-0.3, -0.25) is 0 Å². The van der Waals surface area contributed by atoms with E-state index in [9.17, 15) is 16.8 Å². The first-order chi connectivity index (χ1) is 9.32. The Hall–Kier alpha value is -0.750. The van der Waals surface area contributed by atoms with Gasteiger partial charge in [0.25, 0.3) is 0 Å². The van der Waals surface area contributed by atoms with Crippen molar-refractivity contribution in [2.75, 3.05) is 32.5 Å². The van der Waals surface area contributed by atoms with Gasteiger partial charge in [0.2, 0.25) is 25.9 Å². The Balaban J connectivity index is 2.10. The highest BCUT2D eigenvalue weighted by Crippen LogP contribution is 2.20. The van der Waals surface area contributed by atoms with Crippen LogP contribution >= 0.6 is 11.5 Å². The second-order valence-electron chi connectivity index (χ2n) is 4.20. The number of hydrogen-bond donors (Lipinski definition) is 1. The van der Waals surface area contributed by atoms with Gasteiger partial charge in [0.15, 0.2) is 0 Å². The van der Waals surface area contributed by atoms with Crippen LogP contribution in [0.15, 0.2) is 6.07 Å². The van der Waals surface area contributed by atoms with Gasteiger partial charge >= 0.3 is 0 Å². The summed E-state index contributed by atoms with van der Waals surface area (Å²) in [5, 5.41) is 0. The molecule has 0 spiro atoms. The van der Waals surface area contributed by atoms with Gasteiger partial charge in [-0.1, -0.05) is 0 Å². The summed E-state index contributed by atoms with van der Waals surface area (Å²) < 4.78 is 59.7. The van der Waals surface area contributed by atoms with Gasteiger partial charge < -0.3 is 4.74 Å². The van der Waals surface area contributed by atoms with Gasteiger partial charge in [-0.25, -0.2) is 21.6 Å². The monoisotopic (exact) mass is 341 g/mol. The van der Waals surface area contributed by atoms with E-state index in [1.54, 1.807) is 6.07 Å². The number of nitrogens with zero attached hydrogens (tertiary/aromatic N) is 2. The van der Waals surface area contributed by atoms with Gasteiger partial charge in [-0.05, 0) is 11.5 Å². The molecule has 0 atom stereocenters. The van der Waals surface area contributed by atoms with E-state index in [1.807, 2.05) is 0 Å². The van der Waals surface area contributed by atoms with E-state index in [0.717, 1.165) is 11.5 Å². The van der Waals surface area contributed by atoms with Crippen molar-refractivity contribution < 1.29 is 21.6 Å². The highest BCUT2D eigenvalue weighted by atomic mass is 32.2. The Kier molecular flexibility index (Phi) is 4.64. The molecule has 20 heavy (non-hydrogen) atoms. The fourth-order valence-corrected chi connectivity index (χ4v) is 5.37. The molecule has 1 N–H and O–H groups in total. The van der Waals surface area contributed by atoms with Crippen LogP contribution in [0.25, 0.3) is 0 Å². The molecular weight excluding hydrogens is 326 g/mol. The summed E-state index contributed by atoms with van der Waals surface area (Å²) in [5.41, 5.74) is 0. The normalized spacial score (nSPS) is 20.4. The SMILES string of the molecule is COc1cc(CS(=O)(=O)N2CCNS(=O)(=O)CC2)sn1. The number of nitrogens with one attached hydrogen (secondary N) is 1. The lowest BCUT2D eigenvalue weighted by atomic mass is 10.5. The summed E-state index contributed by atoms with van der Waals surface area (Å²) in [6, 6.07) is 1.56. The fourth-order valence-electron chi connectivity index (χ4n) is 1.74. The number of hydrogen-bond acceptors (Lipinski definition) is 7. The van der Waals surface area contributed by atoms with Crippen molar-refractivity contribution in [1.29, 1.82) is 0 Å². The Bertz CT molecular complexity index is 667. The maximum absolute atomic E-state index is 12.3. The molecule has 1 aromatic heterocycles. The van der Waals surface area contributed by atoms with E-state index >= 15 is 0 Å². The average molecular weight is 341 g/mol. The van der Waals surface area contributed by atoms with E-state index in [2.05, 4.69) is 9.10 Å². The highest BCUT2D eigenvalue weighted by molar-refractivity contribution is 7.90. The number of methoxy groups -OCH3 is 1. The van der Waals surface area contributed by atoms with E-state index in [4.69, 9.17) is 4.74 Å². The largest absolute Gasteiger partial charge is 0.480 e. The number of aromatic nitrogens is 1. The molecule has 2 rings (SSSR count). The van der Waals surface area contributed by atoms with Crippen molar-refractivity contribution in [2.24, 2.45) is 0 Å². The maximum atomic E-state index is 12.3. The van der Waals surface area contributed by atoms with Crippen molar-refractivity contribution in [1.82, 2.24) is 13.4 Å². The van der Waals surface area contributed by atoms with Crippen molar-refractivity contribution in [3.63, 3.8) is 0 Å². The number of sulfonamides is 2. The molecule has 0 radical (unpaired) electrons. The first kappa shape index (κ1) is 15.6. The van der Waals surface area contributed by atoms with Crippen molar-refractivity contribution >= 4 is 31.6 Å². The van der Waals surface area contributed by atoms with Crippen LogP contribution in [0.2, 0.25) is 0 Å². The summed E-state index contributed by atoms with van der Waals surface area (Å²) in [6.07, 6.45) is 0. The molecule has 1 fully saturated rings. The molecule has 0 bridgehead atoms. The molecule has 1 aromatic rings. The Morgan fingerprint density at radius 2 is 2.25 bits per heavy atom. The highest BCUT2D eigenvalue weighted by Gasteiger charge is 2.28. The van der Waals surface area contributed by atoms with Crippen LogP contribution in [-0.2, 0) is 25.8 Å². The van der Waals surface area contributed by atoms with Gasteiger partial charge in [0, 0.05) is 30.6 Å². The third kappa shape index (κ3) is 3.88. The quantitative estimate of drug-likeness (QED) is 0.770. The molecule has 0 amide bonds. The number of ether oxygens (including phenoxy) is 1. The molecule has 1 aliphatic rings. The van der Waals surface area contributed by atoms with Crippen LogP contribution in [0.1, 0.15) is 4.88 Å². The second-order valence-corrected chi connectivity index (χ2v) is 8.99. The first-order valence-electron chi connectivity index (χ1n) is 5.77. The molecule has 1 saturated heterocycles. The summed E-state index contributed by atoms with van der Waals surface area (Å²) in [4.78, 5) is 0.557. The van der Waals surface area contributed by atoms with Crippen molar-refractivity contribution in [2.45, 2.75) is 5.75 Å². The van der Waals surface area contributed by atoms with Crippen molar-refractivity contribution in [3.8, 4) is 5.88 Å². The van der Waals surface area contributed by atoms with E-state index < -0.39 is 20.0 Å². The predicted octanol–water partition coefficient (Wildman–Crippen LogP) is -0.783. The summed E-state index contributed by atoms with van der Waals surface area (Å²) in [7, 11) is -5.47. The van der Waals surface area contributed by atoms with Gasteiger partial charge in [-0.15, -0.1) is 0 Å².